The van der Waals surface area contributed by atoms with Crippen LogP contribution in [-0.4, -0.2) is 22.6 Å². The number of hydrogen-bond acceptors (Lipinski definition) is 4. The van der Waals surface area contributed by atoms with Crippen molar-refractivity contribution in [2.45, 2.75) is 105 Å². The van der Waals surface area contributed by atoms with Crippen LogP contribution >= 0.6 is 0 Å². The molecule has 0 saturated heterocycles. The van der Waals surface area contributed by atoms with Crippen LogP contribution in [0.15, 0.2) is 52.4 Å². The maximum Gasteiger partial charge on any atom is 0.128 e. The van der Waals surface area contributed by atoms with Crippen molar-refractivity contribution >= 4 is 23.8 Å². The zero-order valence-corrected chi connectivity index (χ0v) is 26.9. The van der Waals surface area contributed by atoms with Crippen molar-refractivity contribution < 1.29 is 14.6 Å². The Balaban J connectivity index is 2.14. The number of phenolic OH excluding ortho intramolecular Hbond substituents is 2. The number of halogens is 1. The Hall–Kier alpha value is -3.47. The number of phenols is 2. The molecule has 0 heterocycles. The van der Waals surface area contributed by atoms with Gasteiger partial charge in [-0.1, -0.05) is 95.2 Å². The second kappa shape index (κ2) is 11.1. The van der Waals surface area contributed by atoms with Gasteiger partial charge < -0.3 is 10.2 Å². The average molecular weight is 559 g/mol. The van der Waals surface area contributed by atoms with Crippen LogP contribution < -0.4 is 0 Å². The molecule has 3 aromatic carbocycles. The molecule has 0 amide bonds. The van der Waals surface area contributed by atoms with Crippen LogP contribution in [0.5, 0.6) is 11.5 Å². The van der Waals surface area contributed by atoms with E-state index in [-0.39, 0.29) is 33.2 Å². The third-order valence-electron chi connectivity index (χ3n) is 7.25. The van der Waals surface area contributed by atoms with Gasteiger partial charge in [0.25, 0.3) is 0 Å². The molecule has 3 rings (SSSR count). The summed E-state index contributed by atoms with van der Waals surface area (Å²) in [6, 6.07) is 12.2. The van der Waals surface area contributed by atoms with Gasteiger partial charge in [-0.3, -0.25) is 9.98 Å². The predicted octanol–water partition coefficient (Wildman–Crippen LogP) is 9.93. The van der Waals surface area contributed by atoms with Gasteiger partial charge >= 0.3 is 0 Å². The molecule has 0 saturated carbocycles. The first-order valence-corrected chi connectivity index (χ1v) is 14.2. The molecule has 0 bridgehead atoms. The number of benzene rings is 3. The summed E-state index contributed by atoms with van der Waals surface area (Å²) in [6.07, 6.45) is 3.19. The third-order valence-corrected chi connectivity index (χ3v) is 7.25. The predicted molar refractivity (Wildman–Crippen MR) is 172 cm³/mol. The van der Waals surface area contributed by atoms with Crippen molar-refractivity contribution in [3.05, 3.63) is 81.7 Å². The molecule has 0 fully saturated rings. The van der Waals surface area contributed by atoms with Gasteiger partial charge in [0.05, 0.1) is 11.4 Å². The molecular weight excluding hydrogens is 511 g/mol. The number of nitrogens with zero attached hydrogens (tertiary/aromatic N) is 2. The molecule has 0 spiro atoms. The van der Waals surface area contributed by atoms with E-state index < -0.39 is 5.82 Å². The highest BCUT2D eigenvalue weighted by Gasteiger charge is 2.26. The normalized spacial score (nSPS) is 13.5. The minimum Gasteiger partial charge on any atom is -0.507 e. The van der Waals surface area contributed by atoms with E-state index in [0.29, 0.717) is 22.5 Å². The fraction of sp³-hybridized carbons (Fsp3) is 0.444. The number of aliphatic imine (C=N–C) groups is 2. The monoisotopic (exact) mass is 558 g/mol. The van der Waals surface area contributed by atoms with Gasteiger partial charge in [0.2, 0.25) is 0 Å². The highest BCUT2D eigenvalue weighted by atomic mass is 19.1. The van der Waals surface area contributed by atoms with E-state index in [1.807, 2.05) is 12.1 Å². The Kier molecular flexibility index (Phi) is 8.66. The number of rotatable bonds is 4. The van der Waals surface area contributed by atoms with Gasteiger partial charge in [-0.05, 0) is 57.1 Å². The molecule has 5 heteroatoms. The Morgan fingerprint density at radius 1 is 0.537 bits per heavy atom. The zero-order chi connectivity index (χ0) is 31.1. The summed E-state index contributed by atoms with van der Waals surface area (Å²) >= 11 is 0. The lowest BCUT2D eigenvalue weighted by Gasteiger charge is -2.27. The Labute approximate surface area is 246 Å². The fourth-order valence-electron chi connectivity index (χ4n) is 4.51. The number of aromatic hydroxyl groups is 2. The summed E-state index contributed by atoms with van der Waals surface area (Å²) in [5, 5.41) is 22.3. The molecule has 4 nitrogen and oxygen atoms in total. The van der Waals surface area contributed by atoms with Gasteiger partial charge in [-0.2, -0.15) is 0 Å². The summed E-state index contributed by atoms with van der Waals surface area (Å²) in [5.41, 5.74) is 4.93. The van der Waals surface area contributed by atoms with Crippen LogP contribution in [-0.2, 0) is 21.7 Å². The summed E-state index contributed by atoms with van der Waals surface area (Å²) < 4.78 is 14.4. The van der Waals surface area contributed by atoms with Crippen molar-refractivity contribution in [2.24, 2.45) is 9.98 Å². The topological polar surface area (TPSA) is 65.2 Å². The Morgan fingerprint density at radius 3 is 1.29 bits per heavy atom. The van der Waals surface area contributed by atoms with Gasteiger partial charge in [-0.25, -0.2) is 4.39 Å². The van der Waals surface area contributed by atoms with Gasteiger partial charge in [0, 0.05) is 40.7 Å². The molecule has 220 valence electrons. The maximum atomic E-state index is 14.4. The summed E-state index contributed by atoms with van der Waals surface area (Å²) in [7, 11) is 0. The molecule has 3 aromatic rings. The molecule has 0 aliphatic rings. The summed E-state index contributed by atoms with van der Waals surface area (Å²) in [6.45, 7) is 25.2. The Bertz CT molecular complexity index is 1490. The fourth-order valence-corrected chi connectivity index (χ4v) is 4.51. The van der Waals surface area contributed by atoms with Gasteiger partial charge in [0.15, 0.2) is 0 Å². The first kappa shape index (κ1) is 32.0. The first-order chi connectivity index (χ1) is 18.6. The zero-order valence-electron chi connectivity index (χ0n) is 26.9. The van der Waals surface area contributed by atoms with Gasteiger partial charge in [-0.15, -0.1) is 0 Å². The van der Waals surface area contributed by atoms with Crippen LogP contribution in [0.2, 0.25) is 0 Å². The highest BCUT2D eigenvalue weighted by Crippen LogP contribution is 2.39. The van der Waals surface area contributed by atoms with Crippen molar-refractivity contribution in [2.75, 3.05) is 0 Å². The molecule has 0 unspecified atom stereocenters. The Morgan fingerprint density at radius 2 is 0.927 bits per heavy atom. The molecular formula is C36H47FN2O2. The molecule has 41 heavy (non-hydrogen) atoms. The highest BCUT2D eigenvalue weighted by molar-refractivity contribution is 5.90. The molecule has 0 aliphatic heterocycles. The molecule has 0 atom stereocenters. The quantitative estimate of drug-likeness (QED) is 0.313. The minimum atomic E-state index is -0.438. The van der Waals surface area contributed by atoms with E-state index in [9.17, 15) is 14.6 Å². The standard InChI is InChI=1S/C36H47FN2O2/c1-33(2,3)24-15-22(31(40)27(17-24)35(7,8)9)20-38-29-14-13-26(37)19-30(29)39-21-23-16-25(34(4,5)6)18-28(32(23)41)36(10,11)12/h13-21,40-41H,1-12H3. The van der Waals surface area contributed by atoms with Crippen molar-refractivity contribution in [1.82, 2.24) is 0 Å². The van der Waals surface area contributed by atoms with E-state index in [1.54, 1.807) is 18.5 Å². The summed E-state index contributed by atoms with van der Waals surface area (Å²) in [5.74, 6) is -0.0962. The molecule has 0 aromatic heterocycles. The van der Waals surface area contributed by atoms with Crippen LogP contribution in [0.4, 0.5) is 15.8 Å². The van der Waals surface area contributed by atoms with Gasteiger partial charge in [0.1, 0.15) is 17.3 Å². The lowest BCUT2D eigenvalue weighted by Crippen LogP contribution is -2.17. The van der Waals surface area contributed by atoms with Crippen LogP contribution in [0.25, 0.3) is 0 Å². The van der Waals surface area contributed by atoms with E-state index >= 15 is 0 Å². The minimum absolute atomic E-state index is 0.128. The largest absolute Gasteiger partial charge is 0.507 e. The second-order valence-corrected chi connectivity index (χ2v) is 15.1. The van der Waals surface area contributed by atoms with Crippen LogP contribution in [0.1, 0.15) is 116 Å². The lowest BCUT2D eigenvalue weighted by molar-refractivity contribution is 0.443. The van der Waals surface area contributed by atoms with E-state index in [0.717, 1.165) is 22.3 Å². The molecule has 0 aliphatic carbocycles. The SMILES string of the molecule is CC(C)(C)c1cc(C=Nc2ccc(F)cc2N=Cc2cc(C(C)(C)C)cc(C(C)(C)C)c2O)c(O)c(C(C)(C)C)c1. The van der Waals surface area contributed by atoms with Crippen LogP contribution in [0.3, 0.4) is 0 Å². The van der Waals surface area contributed by atoms with E-state index in [2.05, 4.69) is 105 Å². The maximum absolute atomic E-state index is 14.4. The lowest BCUT2D eigenvalue weighted by atomic mass is 9.79. The average Bonchev–Trinajstić information content (AvgIpc) is 2.80. The number of hydrogen-bond donors (Lipinski definition) is 2. The van der Waals surface area contributed by atoms with E-state index in [1.165, 1.54) is 12.1 Å². The second-order valence-electron chi connectivity index (χ2n) is 15.1. The van der Waals surface area contributed by atoms with E-state index in [4.69, 9.17) is 0 Å². The third kappa shape index (κ3) is 7.63. The smallest absolute Gasteiger partial charge is 0.128 e. The molecule has 0 radical (unpaired) electrons. The van der Waals surface area contributed by atoms with Crippen LogP contribution in [0, 0.1) is 5.82 Å². The first-order valence-electron chi connectivity index (χ1n) is 14.2. The van der Waals surface area contributed by atoms with Crippen molar-refractivity contribution in [3.8, 4) is 11.5 Å². The summed E-state index contributed by atoms with van der Waals surface area (Å²) in [4.78, 5) is 9.24. The molecule has 2 N–H and O–H groups in total. The van der Waals surface area contributed by atoms with Crippen molar-refractivity contribution in [3.63, 3.8) is 0 Å². The van der Waals surface area contributed by atoms with Crippen molar-refractivity contribution in [1.29, 1.82) is 0 Å².